The van der Waals surface area contributed by atoms with E-state index in [2.05, 4.69) is 4.98 Å². The van der Waals surface area contributed by atoms with Gasteiger partial charge in [0.15, 0.2) is 5.76 Å². The molecule has 140 valence electrons. The van der Waals surface area contributed by atoms with Crippen molar-refractivity contribution in [1.29, 1.82) is 0 Å². The van der Waals surface area contributed by atoms with Crippen molar-refractivity contribution < 1.29 is 19.1 Å². The first kappa shape index (κ1) is 18.1. The van der Waals surface area contributed by atoms with Gasteiger partial charge in [-0.05, 0) is 29.6 Å². The van der Waals surface area contributed by atoms with Gasteiger partial charge in [0, 0.05) is 11.8 Å². The van der Waals surface area contributed by atoms with Crippen molar-refractivity contribution in [2.75, 3.05) is 0 Å². The summed E-state index contributed by atoms with van der Waals surface area (Å²) in [4.78, 5) is 31.7. The predicted molar refractivity (Wildman–Crippen MR) is 102 cm³/mol. The lowest BCUT2D eigenvalue weighted by Crippen LogP contribution is -2.31. The quantitative estimate of drug-likeness (QED) is 0.663. The zero-order valence-electron chi connectivity index (χ0n) is 14.6. The number of thiophene rings is 1. The maximum Gasteiger partial charge on any atom is 0.290 e. The number of hydrogen-bond donors (Lipinski definition) is 1. The maximum absolute atomic E-state index is 14.6. The molecule has 1 aliphatic heterocycles. The maximum atomic E-state index is 14.6. The number of halogens is 1. The van der Waals surface area contributed by atoms with E-state index in [1.165, 1.54) is 34.4 Å². The van der Waals surface area contributed by atoms with E-state index in [9.17, 15) is 19.1 Å². The Morgan fingerprint density at radius 2 is 1.93 bits per heavy atom. The van der Waals surface area contributed by atoms with Crippen LogP contribution in [0.1, 0.15) is 27.0 Å². The van der Waals surface area contributed by atoms with Gasteiger partial charge in [0.1, 0.15) is 5.82 Å². The van der Waals surface area contributed by atoms with Crippen molar-refractivity contribution in [2.24, 2.45) is 0 Å². The van der Waals surface area contributed by atoms with E-state index in [0.29, 0.717) is 10.6 Å². The zero-order valence-corrected chi connectivity index (χ0v) is 15.4. The van der Waals surface area contributed by atoms with Crippen LogP contribution in [0.25, 0.3) is 0 Å². The molecule has 3 aromatic rings. The van der Waals surface area contributed by atoms with Crippen LogP contribution >= 0.6 is 11.3 Å². The first-order valence-electron chi connectivity index (χ1n) is 8.54. The van der Waals surface area contributed by atoms with E-state index in [0.717, 1.165) is 0 Å². The van der Waals surface area contributed by atoms with Crippen molar-refractivity contribution >= 4 is 23.0 Å². The molecule has 0 radical (unpaired) electrons. The normalized spacial score (nSPS) is 16.7. The fraction of sp³-hybridized carbons (Fsp3) is 0.0952. The Balaban J connectivity index is 1.82. The molecule has 1 unspecified atom stereocenters. The molecule has 5 nitrogen and oxygen atoms in total. The van der Waals surface area contributed by atoms with Crippen molar-refractivity contribution in [1.82, 2.24) is 9.88 Å². The number of ketones is 1. The standard InChI is InChI=1S/C21H15FN2O3S/c22-15-8-2-1-7-14(15)18-17(19(25)16-9-5-11-28-16)20(26)21(27)24(18)12-13-6-3-4-10-23-13/h1-11,18,26H,12H2. The average molecular weight is 394 g/mol. The second-order valence-electron chi connectivity index (χ2n) is 6.25. The molecule has 7 heteroatoms. The molecular weight excluding hydrogens is 379 g/mol. The van der Waals surface area contributed by atoms with Gasteiger partial charge in [-0.2, -0.15) is 0 Å². The summed E-state index contributed by atoms with van der Waals surface area (Å²) < 4.78 is 14.6. The second-order valence-corrected chi connectivity index (χ2v) is 7.19. The van der Waals surface area contributed by atoms with Crippen LogP contribution in [0, 0.1) is 5.82 Å². The summed E-state index contributed by atoms with van der Waals surface area (Å²) in [7, 11) is 0. The largest absolute Gasteiger partial charge is 0.503 e. The molecule has 1 aromatic carbocycles. The molecular formula is C21H15FN2O3S. The van der Waals surface area contributed by atoms with Crippen LogP contribution in [-0.4, -0.2) is 26.7 Å². The van der Waals surface area contributed by atoms with Crippen LogP contribution in [0.3, 0.4) is 0 Å². The Hall–Kier alpha value is -3.32. The van der Waals surface area contributed by atoms with E-state index in [1.54, 1.807) is 48.0 Å². The molecule has 1 N–H and O–H groups in total. The summed E-state index contributed by atoms with van der Waals surface area (Å²) in [5, 5.41) is 12.3. The van der Waals surface area contributed by atoms with E-state index >= 15 is 0 Å². The van der Waals surface area contributed by atoms with Crippen molar-refractivity contribution in [3.05, 3.63) is 99.5 Å². The van der Waals surface area contributed by atoms with Gasteiger partial charge in [0.05, 0.1) is 28.7 Å². The van der Waals surface area contributed by atoms with Crippen molar-refractivity contribution in [3.63, 3.8) is 0 Å². The molecule has 4 rings (SSSR count). The Morgan fingerprint density at radius 3 is 2.61 bits per heavy atom. The molecule has 0 fully saturated rings. The molecule has 0 saturated carbocycles. The minimum absolute atomic E-state index is 0.0317. The van der Waals surface area contributed by atoms with Gasteiger partial charge in [0.2, 0.25) is 5.78 Å². The number of rotatable bonds is 5. The van der Waals surface area contributed by atoms with Gasteiger partial charge >= 0.3 is 0 Å². The number of aliphatic hydroxyl groups excluding tert-OH is 1. The number of amides is 1. The molecule has 1 aliphatic rings. The number of carbonyl (C=O) groups excluding carboxylic acids is 2. The van der Waals surface area contributed by atoms with Crippen molar-refractivity contribution in [3.8, 4) is 0 Å². The SMILES string of the molecule is O=C(C1=C(O)C(=O)N(Cc2ccccn2)C1c1ccccc1F)c1cccs1. The highest BCUT2D eigenvalue weighted by Crippen LogP contribution is 2.41. The highest BCUT2D eigenvalue weighted by molar-refractivity contribution is 7.12. The van der Waals surface area contributed by atoms with Gasteiger partial charge in [-0.1, -0.05) is 30.3 Å². The summed E-state index contributed by atoms with van der Waals surface area (Å²) in [5.41, 5.74) is 0.596. The fourth-order valence-corrected chi connectivity index (χ4v) is 3.95. The number of aliphatic hydroxyl groups is 1. The van der Waals surface area contributed by atoms with Gasteiger partial charge < -0.3 is 10.0 Å². The third kappa shape index (κ3) is 3.10. The number of nitrogens with zero attached hydrogens (tertiary/aromatic N) is 2. The van der Waals surface area contributed by atoms with Crippen molar-refractivity contribution in [2.45, 2.75) is 12.6 Å². The molecule has 0 bridgehead atoms. The molecule has 1 atom stereocenters. The molecule has 0 saturated heterocycles. The summed E-state index contributed by atoms with van der Waals surface area (Å²) in [5.74, 6) is -2.42. The summed E-state index contributed by atoms with van der Waals surface area (Å²) in [6, 6.07) is 13.4. The van der Waals surface area contributed by atoms with Crippen LogP contribution in [0.5, 0.6) is 0 Å². The summed E-state index contributed by atoms with van der Waals surface area (Å²) in [6.07, 6.45) is 1.58. The van der Waals surface area contributed by atoms with Gasteiger partial charge in [0.25, 0.3) is 5.91 Å². The summed E-state index contributed by atoms with van der Waals surface area (Å²) >= 11 is 1.20. The average Bonchev–Trinajstić information content (AvgIpc) is 3.32. The number of benzene rings is 1. The number of pyridine rings is 1. The van der Waals surface area contributed by atoms with Gasteiger partial charge in [-0.25, -0.2) is 4.39 Å². The smallest absolute Gasteiger partial charge is 0.290 e. The Kier molecular flexibility index (Phi) is 4.75. The molecule has 0 aliphatic carbocycles. The van der Waals surface area contributed by atoms with E-state index in [-0.39, 0.29) is 17.7 Å². The minimum Gasteiger partial charge on any atom is -0.503 e. The first-order chi connectivity index (χ1) is 13.6. The first-order valence-corrected chi connectivity index (χ1v) is 9.42. The van der Waals surface area contributed by atoms with Gasteiger partial charge in [-0.15, -0.1) is 11.3 Å². The van der Waals surface area contributed by atoms with E-state index < -0.39 is 29.3 Å². The third-order valence-electron chi connectivity index (χ3n) is 4.55. The molecule has 28 heavy (non-hydrogen) atoms. The Labute approximate surface area is 164 Å². The molecule has 3 heterocycles. The second kappa shape index (κ2) is 7.36. The Bertz CT molecular complexity index is 1060. The fourth-order valence-electron chi connectivity index (χ4n) is 3.28. The lowest BCUT2D eigenvalue weighted by molar-refractivity contribution is -0.130. The molecule has 1 amide bonds. The number of carbonyl (C=O) groups is 2. The molecule has 2 aromatic heterocycles. The van der Waals surface area contributed by atoms with Crippen LogP contribution in [0.15, 0.2) is 77.5 Å². The monoisotopic (exact) mass is 394 g/mol. The lowest BCUT2D eigenvalue weighted by atomic mass is 9.95. The number of hydrogen-bond acceptors (Lipinski definition) is 5. The molecule has 0 spiro atoms. The van der Waals surface area contributed by atoms with Gasteiger partial charge in [-0.3, -0.25) is 14.6 Å². The number of Topliss-reactive ketones (excluding diaryl/α,β-unsaturated/α-hetero) is 1. The highest BCUT2D eigenvalue weighted by atomic mass is 32.1. The topological polar surface area (TPSA) is 70.5 Å². The lowest BCUT2D eigenvalue weighted by Gasteiger charge is -2.26. The third-order valence-corrected chi connectivity index (χ3v) is 5.42. The van der Waals surface area contributed by atoms with Crippen LogP contribution in [-0.2, 0) is 11.3 Å². The Morgan fingerprint density at radius 1 is 1.14 bits per heavy atom. The predicted octanol–water partition coefficient (Wildman–Crippen LogP) is 4.06. The van der Waals surface area contributed by atoms with Crippen LogP contribution in [0.4, 0.5) is 4.39 Å². The highest BCUT2D eigenvalue weighted by Gasteiger charge is 2.45. The van der Waals surface area contributed by atoms with Crippen LogP contribution in [0.2, 0.25) is 0 Å². The van der Waals surface area contributed by atoms with E-state index in [4.69, 9.17) is 0 Å². The zero-order chi connectivity index (χ0) is 19.7. The summed E-state index contributed by atoms with van der Waals surface area (Å²) in [6.45, 7) is 0.0317. The van der Waals surface area contributed by atoms with Crippen LogP contribution < -0.4 is 0 Å². The minimum atomic E-state index is -1.04. The van der Waals surface area contributed by atoms with E-state index in [1.807, 2.05) is 0 Å². The number of aromatic nitrogens is 1.